The van der Waals surface area contributed by atoms with Gasteiger partial charge in [0.25, 0.3) is 0 Å². The molecular weight excluding hydrogens is 241 g/mol. The second-order valence-corrected chi connectivity index (χ2v) is 3.94. The van der Waals surface area contributed by atoms with Gasteiger partial charge in [0, 0.05) is 11.8 Å². The fraction of sp³-hybridized carbons (Fsp3) is 0.0769. The number of benzene rings is 2. The molecule has 0 bridgehead atoms. The zero-order valence-electron chi connectivity index (χ0n) is 9.60. The van der Waals surface area contributed by atoms with E-state index < -0.39 is 11.6 Å². The van der Waals surface area contributed by atoms with E-state index in [0.29, 0.717) is 17.3 Å². The van der Waals surface area contributed by atoms with E-state index in [0.717, 1.165) is 6.07 Å². The average molecular weight is 252 g/mol. The summed E-state index contributed by atoms with van der Waals surface area (Å²) >= 11 is 0. The summed E-state index contributed by atoms with van der Waals surface area (Å²) < 4.78 is 39.4. The Balaban J connectivity index is 2.36. The quantitative estimate of drug-likeness (QED) is 0.799. The highest BCUT2D eigenvalue weighted by Gasteiger charge is 2.09. The number of rotatable bonds is 2. The lowest BCUT2D eigenvalue weighted by Crippen LogP contribution is -2.00. The lowest BCUT2D eigenvalue weighted by molar-refractivity contribution is 0.587. The standard InChI is InChI=1S/C13H11F3N2/c1-7-4-9(2-3-10(7)15)18-12-6-8(14)5-11(16)13(12)17/h2-6,18H,17H2,1H3. The summed E-state index contributed by atoms with van der Waals surface area (Å²) in [6.45, 7) is 1.59. The van der Waals surface area contributed by atoms with Gasteiger partial charge in [0.05, 0.1) is 11.4 Å². The summed E-state index contributed by atoms with van der Waals surface area (Å²) in [5.41, 5.74) is 6.35. The van der Waals surface area contributed by atoms with Crippen LogP contribution in [0.1, 0.15) is 5.56 Å². The molecular formula is C13H11F3N2. The van der Waals surface area contributed by atoms with Crippen LogP contribution in [-0.4, -0.2) is 0 Å². The Morgan fingerprint density at radius 2 is 1.72 bits per heavy atom. The molecule has 94 valence electrons. The summed E-state index contributed by atoms with van der Waals surface area (Å²) in [4.78, 5) is 0. The van der Waals surface area contributed by atoms with Crippen LogP contribution in [0.4, 0.5) is 30.2 Å². The van der Waals surface area contributed by atoms with Crippen LogP contribution < -0.4 is 11.1 Å². The largest absolute Gasteiger partial charge is 0.395 e. The molecule has 0 aliphatic heterocycles. The lowest BCUT2D eigenvalue weighted by Gasteiger charge is -2.11. The predicted molar refractivity (Wildman–Crippen MR) is 65.2 cm³/mol. The van der Waals surface area contributed by atoms with Crippen LogP contribution in [0.2, 0.25) is 0 Å². The first-order valence-corrected chi connectivity index (χ1v) is 5.25. The van der Waals surface area contributed by atoms with Crippen LogP contribution in [0.5, 0.6) is 0 Å². The molecule has 18 heavy (non-hydrogen) atoms. The Morgan fingerprint density at radius 1 is 1.00 bits per heavy atom. The maximum atomic E-state index is 13.2. The van der Waals surface area contributed by atoms with E-state index in [1.54, 1.807) is 6.92 Å². The molecule has 2 aromatic rings. The van der Waals surface area contributed by atoms with E-state index in [1.807, 2.05) is 0 Å². The van der Waals surface area contributed by atoms with Crippen molar-refractivity contribution < 1.29 is 13.2 Å². The summed E-state index contributed by atoms with van der Waals surface area (Å²) in [7, 11) is 0. The molecule has 0 heterocycles. The summed E-state index contributed by atoms with van der Waals surface area (Å²) in [6, 6.07) is 6.04. The normalized spacial score (nSPS) is 10.4. The maximum absolute atomic E-state index is 13.2. The first kappa shape index (κ1) is 12.3. The number of nitrogen functional groups attached to an aromatic ring is 1. The van der Waals surface area contributed by atoms with Crippen molar-refractivity contribution in [1.82, 2.24) is 0 Å². The Morgan fingerprint density at radius 3 is 2.39 bits per heavy atom. The van der Waals surface area contributed by atoms with Gasteiger partial charge >= 0.3 is 0 Å². The van der Waals surface area contributed by atoms with E-state index in [4.69, 9.17) is 5.73 Å². The summed E-state index contributed by atoms with van der Waals surface area (Å²) in [5.74, 6) is -1.92. The number of nitrogens with one attached hydrogen (secondary N) is 1. The third-order valence-electron chi connectivity index (χ3n) is 2.53. The fourth-order valence-electron chi connectivity index (χ4n) is 1.57. The van der Waals surface area contributed by atoms with Crippen LogP contribution in [0.25, 0.3) is 0 Å². The van der Waals surface area contributed by atoms with Crippen LogP contribution >= 0.6 is 0 Å². The molecule has 5 heteroatoms. The molecule has 0 spiro atoms. The second kappa shape index (κ2) is 4.60. The Kier molecular flexibility index (Phi) is 3.14. The number of hydrogen-bond donors (Lipinski definition) is 2. The molecule has 0 aliphatic carbocycles. The predicted octanol–water partition coefficient (Wildman–Crippen LogP) is 3.74. The molecule has 0 saturated carbocycles. The molecule has 2 aromatic carbocycles. The van der Waals surface area contributed by atoms with Crippen molar-refractivity contribution in [2.45, 2.75) is 6.92 Å². The molecule has 0 radical (unpaired) electrons. The number of halogens is 3. The van der Waals surface area contributed by atoms with Crippen molar-refractivity contribution in [2.75, 3.05) is 11.1 Å². The molecule has 0 amide bonds. The SMILES string of the molecule is Cc1cc(Nc2cc(F)cc(F)c2N)ccc1F. The average Bonchev–Trinajstić information content (AvgIpc) is 2.30. The number of aryl methyl sites for hydroxylation is 1. The zero-order chi connectivity index (χ0) is 13.3. The van der Waals surface area contributed by atoms with E-state index in [1.165, 1.54) is 18.2 Å². The molecule has 0 unspecified atom stereocenters. The van der Waals surface area contributed by atoms with E-state index in [-0.39, 0.29) is 17.2 Å². The Labute approximate surface area is 102 Å². The molecule has 0 saturated heterocycles. The van der Waals surface area contributed by atoms with Crippen molar-refractivity contribution >= 4 is 17.1 Å². The minimum atomic E-state index is -0.837. The fourth-order valence-corrected chi connectivity index (χ4v) is 1.57. The third kappa shape index (κ3) is 2.40. The van der Waals surface area contributed by atoms with Crippen molar-refractivity contribution in [3.63, 3.8) is 0 Å². The van der Waals surface area contributed by atoms with Crippen molar-refractivity contribution in [2.24, 2.45) is 0 Å². The molecule has 3 N–H and O–H groups in total. The van der Waals surface area contributed by atoms with E-state index in [9.17, 15) is 13.2 Å². The van der Waals surface area contributed by atoms with Gasteiger partial charge < -0.3 is 11.1 Å². The first-order valence-electron chi connectivity index (χ1n) is 5.25. The van der Waals surface area contributed by atoms with Crippen molar-refractivity contribution in [3.8, 4) is 0 Å². The van der Waals surface area contributed by atoms with Crippen LogP contribution in [0.3, 0.4) is 0 Å². The van der Waals surface area contributed by atoms with Gasteiger partial charge in [0.1, 0.15) is 11.6 Å². The van der Waals surface area contributed by atoms with E-state index >= 15 is 0 Å². The van der Waals surface area contributed by atoms with Crippen molar-refractivity contribution in [3.05, 3.63) is 53.3 Å². The van der Waals surface area contributed by atoms with Crippen LogP contribution in [0, 0.1) is 24.4 Å². The highest BCUT2D eigenvalue weighted by molar-refractivity contribution is 5.73. The Hall–Kier alpha value is -2.17. The highest BCUT2D eigenvalue weighted by atomic mass is 19.1. The molecule has 0 aromatic heterocycles. The van der Waals surface area contributed by atoms with Gasteiger partial charge in [-0.2, -0.15) is 0 Å². The Bertz CT molecular complexity index is 597. The van der Waals surface area contributed by atoms with Gasteiger partial charge in [0.2, 0.25) is 0 Å². The number of nitrogens with two attached hydrogens (primary N) is 1. The van der Waals surface area contributed by atoms with Crippen molar-refractivity contribution in [1.29, 1.82) is 0 Å². The van der Waals surface area contributed by atoms with Gasteiger partial charge in [-0.15, -0.1) is 0 Å². The number of anilines is 3. The van der Waals surface area contributed by atoms with Gasteiger partial charge in [-0.1, -0.05) is 0 Å². The van der Waals surface area contributed by atoms with Gasteiger partial charge in [-0.05, 0) is 36.8 Å². The zero-order valence-corrected chi connectivity index (χ0v) is 9.60. The third-order valence-corrected chi connectivity index (χ3v) is 2.53. The van der Waals surface area contributed by atoms with Crippen LogP contribution in [-0.2, 0) is 0 Å². The molecule has 0 fully saturated rings. The monoisotopic (exact) mass is 252 g/mol. The molecule has 0 aliphatic rings. The van der Waals surface area contributed by atoms with Gasteiger partial charge in [0.15, 0.2) is 5.82 Å². The van der Waals surface area contributed by atoms with E-state index in [2.05, 4.69) is 5.32 Å². The smallest absolute Gasteiger partial charge is 0.151 e. The highest BCUT2D eigenvalue weighted by Crippen LogP contribution is 2.27. The summed E-state index contributed by atoms with van der Waals surface area (Å²) in [5, 5.41) is 2.75. The first-order chi connectivity index (χ1) is 8.47. The van der Waals surface area contributed by atoms with Crippen LogP contribution in [0.15, 0.2) is 30.3 Å². The number of hydrogen-bond acceptors (Lipinski definition) is 2. The maximum Gasteiger partial charge on any atom is 0.151 e. The van der Waals surface area contributed by atoms with Gasteiger partial charge in [-0.3, -0.25) is 0 Å². The van der Waals surface area contributed by atoms with Gasteiger partial charge in [-0.25, -0.2) is 13.2 Å². The molecule has 2 rings (SSSR count). The molecule has 0 atom stereocenters. The topological polar surface area (TPSA) is 38.0 Å². The second-order valence-electron chi connectivity index (χ2n) is 3.94. The minimum Gasteiger partial charge on any atom is -0.395 e. The minimum absolute atomic E-state index is 0.110. The molecule has 2 nitrogen and oxygen atoms in total. The lowest BCUT2D eigenvalue weighted by atomic mass is 10.2. The summed E-state index contributed by atoms with van der Waals surface area (Å²) in [6.07, 6.45) is 0.